The second-order valence-electron chi connectivity index (χ2n) is 5.08. The van der Waals surface area contributed by atoms with Crippen LogP contribution < -0.4 is 10.1 Å². The number of pyridine rings is 2. The van der Waals surface area contributed by atoms with Gasteiger partial charge in [-0.15, -0.1) is 0 Å². The monoisotopic (exact) mass is 325 g/mol. The van der Waals surface area contributed by atoms with Crippen molar-refractivity contribution >= 4 is 16.9 Å². The van der Waals surface area contributed by atoms with Gasteiger partial charge in [0.1, 0.15) is 5.69 Å². The molecule has 2 heterocycles. The summed E-state index contributed by atoms with van der Waals surface area (Å²) in [5.41, 5.74) is 1.97. The zero-order valence-corrected chi connectivity index (χ0v) is 13.1. The minimum atomic E-state index is -0.463. The smallest absolute Gasteiger partial charge is 0.270 e. The highest BCUT2D eigenvalue weighted by Crippen LogP contribution is 2.20. The number of carbonyl (C=O) groups excluding carboxylic acids is 1. The number of amides is 1. The van der Waals surface area contributed by atoms with Crippen molar-refractivity contribution in [3.63, 3.8) is 0 Å². The molecule has 0 saturated carbocycles. The van der Waals surface area contributed by atoms with Crippen molar-refractivity contribution in [1.82, 2.24) is 15.3 Å². The molecular formula is C18H16FN3O2. The molecule has 24 heavy (non-hydrogen) atoms. The van der Waals surface area contributed by atoms with Crippen LogP contribution in [0.1, 0.15) is 23.0 Å². The van der Waals surface area contributed by atoms with Crippen LogP contribution in [0.5, 0.6) is 5.75 Å². The van der Waals surface area contributed by atoms with E-state index in [1.807, 2.05) is 0 Å². The van der Waals surface area contributed by atoms with Crippen molar-refractivity contribution in [2.24, 2.45) is 0 Å². The Kier molecular flexibility index (Phi) is 4.65. The summed E-state index contributed by atoms with van der Waals surface area (Å²) in [4.78, 5) is 20.7. The average molecular weight is 325 g/mol. The summed E-state index contributed by atoms with van der Waals surface area (Å²) >= 11 is 0. The lowest BCUT2D eigenvalue weighted by Crippen LogP contribution is -2.24. The number of fused-ring (bicyclic) bond motifs is 1. The third kappa shape index (κ3) is 3.32. The van der Waals surface area contributed by atoms with E-state index in [4.69, 9.17) is 4.74 Å². The number of hydrogen-bond donors (Lipinski definition) is 1. The third-order valence-electron chi connectivity index (χ3n) is 3.47. The van der Waals surface area contributed by atoms with Crippen LogP contribution in [0.3, 0.4) is 0 Å². The Labute approximate surface area is 138 Å². The van der Waals surface area contributed by atoms with Crippen LogP contribution in [0.25, 0.3) is 11.0 Å². The quantitative estimate of drug-likeness (QED) is 0.783. The fraction of sp³-hybridized carbons (Fsp3) is 0.167. The van der Waals surface area contributed by atoms with E-state index in [9.17, 15) is 9.18 Å². The van der Waals surface area contributed by atoms with Crippen molar-refractivity contribution in [1.29, 1.82) is 0 Å². The highest BCUT2D eigenvalue weighted by atomic mass is 19.1. The fourth-order valence-corrected chi connectivity index (χ4v) is 2.31. The summed E-state index contributed by atoms with van der Waals surface area (Å²) in [6.45, 7) is 2.22. The van der Waals surface area contributed by atoms with Crippen LogP contribution in [0, 0.1) is 5.82 Å². The molecule has 0 atom stereocenters. The van der Waals surface area contributed by atoms with Gasteiger partial charge in [0, 0.05) is 18.3 Å². The molecule has 3 rings (SSSR count). The Hall–Kier alpha value is -3.02. The Morgan fingerprint density at radius 3 is 2.88 bits per heavy atom. The predicted octanol–water partition coefficient (Wildman–Crippen LogP) is 3.10. The van der Waals surface area contributed by atoms with Gasteiger partial charge in [0.15, 0.2) is 11.6 Å². The van der Waals surface area contributed by atoms with Gasteiger partial charge in [0.25, 0.3) is 5.91 Å². The Balaban J connectivity index is 1.74. The molecule has 122 valence electrons. The Morgan fingerprint density at radius 2 is 2.04 bits per heavy atom. The maximum atomic E-state index is 14.2. The molecule has 0 spiro atoms. The van der Waals surface area contributed by atoms with Gasteiger partial charge in [0.05, 0.1) is 17.6 Å². The summed E-state index contributed by atoms with van der Waals surface area (Å²) in [5, 5.41) is 2.67. The van der Waals surface area contributed by atoms with Crippen LogP contribution in [0.15, 0.2) is 48.7 Å². The van der Waals surface area contributed by atoms with E-state index in [1.165, 1.54) is 0 Å². The molecule has 0 radical (unpaired) electrons. The van der Waals surface area contributed by atoms with Crippen LogP contribution in [-0.4, -0.2) is 22.5 Å². The molecule has 0 aliphatic carbocycles. The number of aromatic nitrogens is 2. The van der Waals surface area contributed by atoms with Gasteiger partial charge in [-0.1, -0.05) is 12.1 Å². The van der Waals surface area contributed by atoms with Gasteiger partial charge in [0.2, 0.25) is 0 Å². The number of carbonyl (C=O) groups is 1. The maximum absolute atomic E-state index is 14.2. The van der Waals surface area contributed by atoms with Gasteiger partial charge >= 0.3 is 0 Å². The van der Waals surface area contributed by atoms with Crippen molar-refractivity contribution in [2.75, 3.05) is 6.61 Å². The number of nitrogens with one attached hydrogen (secondary N) is 1. The lowest BCUT2D eigenvalue weighted by molar-refractivity contribution is 0.0946. The van der Waals surface area contributed by atoms with Crippen molar-refractivity contribution in [3.8, 4) is 5.75 Å². The van der Waals surface area contributed by atoms with Crippen molar-refractivity contribution < 1.29 is 13.9 Å². The van der Waals surface area contributed by atoms with Crippen LogP contribution in [0.4, 0.5) is 4.39 Å². The Bertz CT molecular complexity index is 883. The molecule has 3 aromatic rings. The van der Waals surface area contributed by atoms with Gasteiger partial charge < -0.3 is 10.1 Å². The number of halogens is 1. The minimum absolute atomic E-state index is 0.0539. The van der Waals surface area contributed by atoms with E-state index in [1.54, 1.807) is 55.6 Å². The normalized spacial score (nSPS) is 10.6. The van der Waals surface area contributed by atoms with E-state index in [0.29, 0.717) is 23.2 Å². The molecule has 1 aromatic carbocycles. The molecule has 1 N–H and O–H groups in total. The first-order valence-corrected chi connectivity index (χ1v) is 7.59. The zero-order valence-electron chi connectivity index (χ0n) is 13.1. The molecule has 0 aliphatic rings. The molecule has 1 amide bonds. The molecule has 5 nitrogen and oxygen atoms in total. The van der Waals surface area contributed by atoms with Gasteiger partial charge in [-0.3, -0.25) is 9.78 Å². The van der Waals surface area contributed by atoms with E-state index in [0.717, 1.165) is 0 Å². The number of nitrogens with zero attached hydrogens (tertiary/aromatic N) is 2. The maximum Gasteiger partial charge on any atom is 0.270 e. The summed E-state index contributed by atoms with van der Waals surface area (Å²) in [6, 6.07) is 11.7. The summed E-state index contributed by atoms with van der Waals surface area (Å²) in [7, 11) is 0. The van der Waals surface area contributed by atoms with Crippen LogP contribution >= 0.6 is 0 Å². The van der Waals surface area contributed by atoms with E-state index in [-0.39, 0.29) is 23.9 Å². The summed E-state index contributed by atoms with van der Waals surface area (Å²) < 4.78 is 19.4. The first-order chi connectivity index (χ1) is 11.7. The highest BCUT2D eigenvalue weighted by molar-refractivity contribution is 5.94. The highest BCUT2D eigenvalue weighted by Gasteiger charge is 2.12. The molecule has 0 bridgehead atoms. The van der Waals surface area contributed by atoms with Crippen LogP contribution in [0.2, 0.25) is 0 Å². The largest absolute Gasteiger partial charge is 0.491 e. The van der Waals surface area contributed by atoms with E-state index in [2.05, 4.69) is 15.3 Å². The Morgan fingerprint density at radius 1 is 1.17 bits per heavy atom. The molecule has 0 saturated heterocycles. The average Bonchev–Trinajstić information content (AvgIpc) is 2.62. The third-order valence-corrected chi connectivity index (χ3v) is 3.47. The second-order valence-corrected chi connectivity index (χ2v) is 5.08. The summed E-state index contributed by atoms with van der Waals surface area (Å²) in [6.07, 6.45) is 1.66. The lowest BCUT2D eigenvalue weighted by atomic mass is 10.2. The number of hydrogen-bond acceptors (Lipinski definition) is 4. The fourth-order valence-electron chi connectivity index (χ4n) is 2.31. The second kappa shape index (κ2) is 7.04. The minimum Gasteiger partial charge on any atom is -0.491 e. The first-order valence-electron chi connectivity index (χ1n) is 7.59. The zero-order chi connectivity index (χ0) is 16.9. The van der Waals surface area contributed by atoms with Crippen molar-refractivity contribution in [2.45, 2.75) is 13.5 Å². The molecule has 0 fully saturated rings. The number of benzene rings is 1. The topological polar surface area (TPSA) is 64.1 Å². The summed E-state index contributed by atoms with van der Waals surface area (Å²) in [5.74, 6) is -0.656. The van der Waals surface area contributed by atoms with E-state index >= 15 is 0 Å². The lowest BCUT2D eigenvalue weighted by Gasteiger charge is -2.10. The van der Waals surface area contributed by atoms with Crippen molar-refractivity contribution in [3.05, 3.63) is 65.7 Å². The van der Waals surface area contributed by atoms with Gasteiger partial charge in [-0.25, -0.2) is 9.37 Å². The van der Waals surface area contributed by atoms with Crippen LogP contribution in [-0.2, 0) is 6.54 Å². The predicted molar refractivity (Wildman–Crippen MR) is 88.3 cm³/mol. The number of rotatable bonds is 5. The molecule has 0 aliphatic heterocycles. The SMILES string of the molecule is CCOc1cccc(CNC(=O)c2ccc3ncccc3n2)c1F. The number of ether oxygens (including phenoxy) is 1. The van der Waals surface area contributed by atoms with Gasteiger partial charge in [-0.2, -0.15) is 0 Å². The molecule has 6 heteroatoms. The molecule has 2 aromatic heterocycles. The first kappa shape index (κ1) is 15.9. The standard InChI is InChI=1S/C18H16FN3O2/c1-2-24-16-7-3-5-12(17(16)19)11-21-18(23)15-9-8-13-14(22-15)6-4-10-20-13/h3-10H,2,11H2,1H3,(H,21,23). The molecule has 0 unspecified atom stereocenters. The molecular weight excluding hydrogens is 309 g/mol. The van der Waals surface area contributed by atoms with E-state index < -0.39 is 5.82 Å². The van der Waals surface area contributed by atoms with Gasteiger partial charge in [-0.05, 0) is 37.3 Å².